The van der Waals surface area contributed by atoms with Crippen LogP contribution in [-0.4, -0.2) is 56.1 Å². The Kier molecular flexibility index (Phi) is 11.1. The van der Waals surface area contributed by atoms with Gasteiger partial charge in [-0.3, -0.25) is 9.59 Å². The molecule has 33 heavy (non-hydrogen) atoms. The molecule has 1 amide bonds. The van der Waals surface area contributed by atoms with E-state index in [4.69, 9.17) is 9.53 Å². The van der Waals surface area contributed by atoms with E-state index in [1.807, 2.05) is 24.3 Å². The van der Waals surface area contributed by atoms with E-state index in [0.717, 1.165) is 11.3 Å². The molecule has 0 aromatic heterocycles. The van der Waals surface area contributed by atoms with Crippen LogP contribution in [0.15, 0.2) is 24.3 Å². The van der Waals surface area contributed by atoms with Crippen LogP contribution >= 0.6 is 0 Å². The summed E-state index contributed by atoms with van der Waals surface area (Å²) >= 11 is 0. The summed E-state index contributed by atoms with van der Waals surface area (Å²) in [4.78, 5) is 35.6. The molecular weight excluding hydrogens is 442 g/mol. The number of aliphatic carboxylic acids is 1. The number of nitrogens with one attached hydrogen (secondary N) is 1. The molecular formula is C24H39NO7Si. The second kappa shape index (κ2) is 12.7. The molecule has 0 heterocycles. The van der Waals surface area contributed by atoms with Gasteiger partial charge in [0, 0.05) is 0 Å². The van der Waals surface area contributed by atoms with E-state index in [1.54, 1.807) is 0 Å². The first-order valence-electron chi connectivity index (χ1n) is 11.4. The maximum atomic E-state index is 12.6. The maximum absolute atomic E-state index is 12.6. The monoisotopic (exact) mass is 481 g/mol. The van der Waals surface area contributed by atoms with Gasteiger partial charge in [0.2, 0.25) is 5.91 Å². The molecule has 3 N–H and O–H groups in total. The maximum Gasteiger partial charge on any atom is 0.328 e. The first-order chi connectivity index (χ1) is 15.4. The van der Waals surface area contributed by atoms with Crippen LogP contribution in [0.25, 0.3) is 0 Å². The molecule has 2 atom stereocenters. The van der Waals surface area contributed by atoms with E-state index in [-0.39, 0.29) is 12.8 Å². The summed E-state index contributed by atoms with van der Waals surface area (Å²) < 4.78 is 11.4. The van der Waals surface area contributed by atoms with Gasteiger partial charge in [0.05, 0.1) is 26.1 Å². The number of carboxylic acid groups (broad SMARTS) is 1. The van der Waals surface area contributed by atoms with Crippen molar-refractivity contribution in [3.8, 4) is 5.75 Å². The highest BCUT2D eigenvalue weighted by Crippen LogP contribution is 2.42. The van der Waals surface area contributed by atoms with E-state index in [0.29, 0.717) is 16.6 Å². The van der Waals surface area contributed by atoms with Crippen molar-refractivity contribution in [1.29, 1.82) is 0 Å². The van der Waals surface area contributed by atoms with Crippen molar-refractivity contribution in [2.24, 2.45) is 5.92 Å². The van der Waals surface area contributed by atoms with Crippen molar-refractivity contribution in [1.82, 2.24) is 5.32 Å². The molecule has 0 radical (unpaired) electrons. The summed E-state index contributed by atoms with van der Waals surface area (Å²) in [5, 5.41) is 20.6. The first-order valence-corrected chi connectivity index (χ1v) is 13.5. The lowest BCUT2D eigenvalue weighted by molar-refractivity contribution is -0.146. The fourth-order valence-corrected chi connectivity index (χ4v) is 9.80. The standard InChI is InChI=1S/C24H39NO7Si/c1-15(2)33(16(3)4,17(5)6)32-20-10-8-18(9-11-20)12-19(13-22(27)31-7)23(28)25-21(14-26)24(29)30/h8-11,15-17,19,21,26H,12-14H2,1-7H3,(H,25,28)(H,29,30)/t19?,21-/m0/s1. The third-order valence-electron chi connectivity index (χ3n) is 6.22. The lowest BCUT2D eigenvalue weighted by Crippen LogP contribution is -2.50. The van der Waals surface area contributed by atoms with Crippen LogP contribution in [0.3, 0.4) is 0 Å². The number of carbonyl (C=O) groups excluding carboxylic acids is 2. The minimum atomic E-state index is -2.10. The van der Waals surface area contributed by atoms with Crippen molar-refractivity contribution in [2.75, 3.05) is 13.7 Å². The third kappa shape index (κ3) is 7.57. The fraction of sp³-hybridized carbons (Fsp3) is 0.625. The molecule has 1 unspecified atom stereocenters. The van der Waals surface area contributed by atoms with Gasteiger partial charge in [0.15, 0.2) is 0 Å². The zero-order chi connectivity index (χ0) is 25.3. The van der Waals surface area contributed by atoms with Crippen LogP contribution in [0, 0.1) is 5.92 Å². The average molecular weight is 482 g/mol. The second-order valence-corrected chi connectivity index (χ2v) is 14.7. The number of aliphatic hydroxyl groups is 1. The largest absolute Gasteiger partial charge is 0.543 e. The zero-order valence-electron chi connectivity index (χ0n) is 20.8. The smallest absolute Gasteiger partial charge is 0.328 e. The summed E-state index contributed by atoms with van der Waals surface area (Å²) in [5.41, 5.74) is 2.09. The molecule has 0 saturated carbocycles. The van der Waals surface area contributed by atoms with E-state index >= 15 is 0 Å². The van der Waals surface area contributed by atoms with Crippen molar-refractivity contribution in [3.63, 3.8) is 0 Å². The number of aliphatic hydroxyl groups excluding tert-OH is 1. The summed E-state index contributed by atoms with van der Waals surface area (Å²) in [6, 6.07) is 6.03. The molecule has 0 aliphatic rings. The normalized spacial score (nSPS) is 13.7. The van der Waals surface area contributed by atoms with E-state index in [9.17, 15) is 19.5 Å². The van der Waals surface area contributed by atoms with Crippen LogP contribution < -0.4 is 9.74 Å². The van der Waals surface area contributed by atoms with Crippen molar-refractivity contribution in [2.45, 2.75) is 77.0 Å². The predicted molar refractivity (Wildman–Crippen MR) is 129 cm³/mol. The van der Waals surface area contributed by atoms with Gasteiger partial charge in [0.25, 0.3) is 8.32 Å². The third-order valence-corrected chi connectivity index (χ3v) is 12.2. The molecule has 9 heteroatoms. The van der Waals surface area contributed by atoms with Crippen LogP contribution in [0.4, 0.5) is 0 Å². The zero-order valence-corrected chi connectivity index (χ0v) is 21.8. The Morgan fingerprint density at radius 1 is 0.970 bits per heavy atom. The molecule has 0 bridgehead atoms. The fourth-order valence-electron chi connectivity index (χ4n) is 4.55. The molecule has 1 aromatic rings. The average Bonchev–Trinajstić information content (AvgIpc) is 2.74. The van der Waals surface area contributed by atoms with Crippen LogP contribution in [0.1, 0.15) is 53.5 Å². The van der Waals surface area contributed by atoms with Gasteiger partial charge in [-0.1, -0.05) is 53.7 Å². The number of esters is 1. The molecule has 1 aromatic carbocycles. The molecule has 1 rings (SSSR count). The Bertz CT molecular complexity index is 771. The molecule has 0 saturated heterocycles. The quantitative estimate of drug-likeness (QED) is 0.291. The molecule has 0 fully saturated rings. The lowest BCUT2D eigenvalue weighted by Gasteiger charge is -2.42. The second-order valence-electron chi connectivity index (χ2n) is 9.33. The minimum Gasteiger partial charge on any atom is -0.543 e. The van der Waals surface area contributed by atoms with Gasteiger partial charge in [0.1, 0.15) is 11.8 Å². The number of hydrogen-bond donors (Lipinski definition) is 3. The molecule has 186 valence electrons. The van der Waals surface area contributed by atoms with Crippen LogP contribution in [-0.2, 0) is 25.5 Å². The number of rotatable bonds is 13. The summed E-state index contributed by atoms with van der Waals surface area (Å²) in [5.74, 6) is -2.62. The lowest BCUT2D eigenvalue weighted by atomic mass is 9.95. The molecule has 0 aliphatic heterocycles. The van der Waals surface area contributed by atoms with Crippen LogP contribution in [0.5, 0.6) is 5.75 Å². The number of methoxy groups -OCH3 is 1. The number of carboxylic acids is 1. The SMILES string of the molecule is COC(=O)CC(Cc1ccc(O[Si](C(C)C)(C(C)C)C(C)C)cc1)C(=O)N[C@@H](CO)C(=O)O. The number of ether oxygens (including phenoxy) is 1. The number of carbonyl (C=O) groups is 3. The Morgan fingerprint density at radius 3 is 1.88 bits per heavy atom. The van der Waals surface area contributed by atoms with Gasteiger partial charge in [-0.25, -0.2) is 4.79 Å². The molecule has 0 spiro atoms. The summed E-state index contributed by atoms with van der Waals surface area (Å²) in [6.45, 7) is 12.5. The van der Waals surface area contributed by atoms with Gasteiger partial charge in [-0.05, 0) is 40.7 Å². The van der Waals surface area contributed by atoms with Crippen molar-refractivity contribution >= 4 is 26.2 Å². The Hall–Kier alpha value is -2.39. The molecule has 8 nitrogen and oxygen atoms in total. The summed E-state index contributed by atoms with van der Waals surface area (Å²) in [6.07, 6.45) is 0.00250. The minimum absolute atomic E-state index is 0.206. The van der Waals surface area contributed by atoms with E-state index < -0.39 is 44.7 Å². The number of benzene rings is 1. The summed E-state index contributed by atoms with van der Waals surface area (Å²) in [7, 11) is -0.873. The Balaban J connectivity index is 3.08. The Labute approximate surface area is 197 Å². The molecule has 0 aliphatic carbocycles. The highest BCUT2D eigenvalue weighted by atomic mass is 28.4. The topological polar surface area (TPSA) is 122 Å². The van der Waals surface area contributed by atoms with E-state index in [2.05, 4.69) is 51.6 Å². The van der Waals surface area contributed by atoms with Gasteiger partial charge < -0.3 is 24.7 Å². The highest BCUT2D eigenvalue weighted by Gasteiger charge is 2.47. The van der Waals surface area contributed by atoms with Gasteiger partial charge >= 0.3 is 11.9 Å². The number of hydrogen-bond acceptors (Lipinski definition) is 6. The predicted octanol–water partition coefficient (Wildman–Crippen LogP) is 3.52. The highest BCUT2D eigenvalue weighted by molar-refractivity contribution is 6.78. The van der Waals surface area contributed by atoms with Crippen molar-refractivity contribution in [3.05, 3.63) is 29.8 Å². The van der Waals surface area contributed by atoms with Gasteiger partial charge in [-0.2, -0.15) is 0 Å². The number of amides is 1. The Morgan fingerprint density at radius 2 is 1.48 bits per heavy atom. The first kappa shape index (κ1) is 28.6. The van der Waals surface area contributed by atoms with Crippen molar-refractivity contribution < 1.29 is 33.8 Å². The van der Waals surface area contributed by atoms with E-state index in [1.165, 1.54) is 7.11 Å². The van der Waals surface area contributed by atoms with Gasteiger partial charge in [-0.15, -0.1) is 0 Å². The van der Waals surface area contributed by atoms with Crippen LogP contribution in [0.2, 0.25) is 16.6 Å².